The molecule has 0 aliphatic carbocycles. The predicted molar refractivity (Wildman–Crippen MR) is 40.1 cm³/mol. The van der Waals surface area contributed by atoms with Gasteiger partial charge in [0.2, 0.25) is 5.91 Å². The summed E-state index contributed by atoms with van der Waals surface area (Å²) in [5, 5.41) is 2.24. The molecule has 0 rings (SSSR count). The van der Waals surface area contributed by atoms with Crippen molar-refractivity contribution in [2.75, 3.05) is 19.4 Å². The Kier molecular flexibility index (Phi) is 5.58. The van der Waals surface area contributed by atoms with Gasteiger partial charge in [-0.3, -0.25) is 9.59 Å². The molecular formula is C5H9NO4S. The Bertz CT molecular complexity index is 149. The molecule has 0 radical (unpaired) electrons. The second-order valence-corrected chi connectivity index (χ2v) is 2.17. The van der Waals surface area contributed by atoms with E-state index in [4.69, 9.17) is 4.55 Å². The lowest BCUT2D eigenvalue weighted by atomic mass is 10.6. The van der Waals surface area contributed by atoms with Gasteiger partial charge in [-0.1, -0.05) is 0 Å². The Morgan fingerprint density at radius 1 is 1.64 bits per heavy atom. The van der Waals surface area contributed by atoms with Gasteiger partial charge in [-0.25, -0.2) is 0 Å². The average molecular weight is 179 g/mol. The van der Waals surface area contributed by atoms with Crippen LogP contribution in [-0.2, 0) is 14.3 Å². The SMILES string of the molecule is COC(=O)CNC(=O)CSO. The molecule has 0 bridgehead atoms. The summed E-state index contributed by atoms with van der Waals surface area (Å²) < 4.78 is 12.5. The number of esters is 1. The van der Waals surface area contributed by atoms with E-state index in [1.807, 2.05) is 0 Å². The van der Waals surface area contributed by atoms with E-state index in [0.29, 0.717) is 12.0 Å². The highest BCUT2D eigenvalue weighted by atomic mass is 32.2. The fourth-order valence-corrected chi connectivity index (χ4v) is 0.572. The van der Waals surface area contributed by atoms with Crippen molar-refractivity contribution in [1.82, 2.24) is 5.32 Å². The summed E-state index contributed by atoms with van der Waals surface area (Å²) in [6.45, 7) is -0.157. The van der Waals surface area contributed by atoms with Crippen molar-refractivity contribution < 1.29 is 18.9 Å². The van der Waals surface area contributed by atoms with Crippen molar-refractivity contribution in [3.63, 3.8) is 0 Å². The van der Waals surface area contributed by atoms with Gasteiger partial charge >= 0.3 is 5.97 Å². The Morgan fingerprint density at radius 3 is 2.73 bits per heavy atom. The summed E-state index contributed by atoms with van der Waals surface area (Å²) in [5.74, 6) is -0.985. The molecule has 11 heavy (non-hydrogen) atoms. The van der Waals surface area contributed by atoms with Crippen molar-refractivity contribution >= 4 is 23.9 Å². The van der Waals surface area contributed by atoms with Gasteiger partial charge in [-0.2, -0.15) is 0 Å². The van der Waals surface area contributed by atoms with Gasteiger partial charge < -0.3 is 14.6 Å². The second kappa shape index (κ2) is 5.99. The maximum absolute atomic E-state index is 10.6. The summed E-state index contributed by atoms with van der Waals surface area (Å²) >= 11 is 0.405. The first-order valence-corrected chi connectivity index (χ1v) is 3.75. The molecule has 5 nitrogen and oxygen atoms in total. The lowest BCUT2D eigenvalue weighted by molar-refractivity contribution is -0.140. The fourth-order valence-electron chi connectivity index (χ4n) is 0.353. The number of methoxy groups -OCH3 is 1. The van der Waals surface area contributed by atoms with Gasteiger partial charge in [-0.15, -0.1) is 0 Å². The highest BCUT2D eigenvalue weighted by Gasteiger charge is 2.03. The monoisotopic (exact) mass is 179 g/mol. The van der Waals surface area contributed by atoms with Crippen LogP contribution in [0.5, 0.6) is 0 Å². The first-order chi connectivity index (χ1) is 5.20. The Hall–Kier alpha value is -0.750. The molecular weight excluding hydrogens is 170 g/mol. The van der Waals surface area contributed by atoms with E-state index < -0.39 is 11.9 Å². The standard InChI is InChI=1S/C5H9NO4S/c1-10-5(8)2-6-4(7)3-11-9/h9H,2-3H2,1H3,(H,6,7). The number of amides is 1. The van der Waals surface area contributed by atoms with E-state index in [2.05, 4.69) is 10.1 Å². The van der Waals surface area contributed by atoms with Crippen LogP contribution in [0.25, 0.3) is 0 Å². The maximum atomic E-state index is 10.6. The van der Waals surface area contributed by atoms with Crippen LogP contribution in [-0.4, -0.2) is 35.8 Å². The number of nitrogens with one attached hydrogen (secondary N) is 1. The molecule has 0 unspecified atom stereocenters. The molecule has 0 saturated carbocycles. The van der Waals surface area contributed by atoms with Gasteiger partial charge in [0.15, 0.2) is 0 Å². The average Bonchev–Trinajstić information content (AvgIpc) is 2.01. The lowest BCUT2D eigenvalue weighted by Crippen LogP contribution is -2.31. The summed E-state index contributed by atoms with van der Waals surface area (Å²) in [5.41, 5.74) is 0. The van der Waals surface area contributed by atoms with E-state index in [-0.39, 0.29) is 12.3 Å². The normalized spacial score (nSPS) is 8.91. The van der Waals surface area contributed by atoms with Gasteiger partial charge in [0.1, 0.15) is 6.54 Å². The summed E-state index contributed by atoms with van der Waals surface area (Å²) in [6.07, 6.45) is 0. The van der Waals surface area contributed by atoms with Crippen molar-refractivity contribution in [2.45, 2.75) is 0 Å². The molecule has 0 spiro atoms. The molecule has 6 heteroatoms. The highest BCUT2D eigenvalue weighted by Crippen LogP contribution is 1.87. The van der Waals surface area contributed by atoms with Crippen LogP contribution in [0.4, 0.5) is 0 Å². The fraction of sp³-hybridized carbons (Fsp3) is 0.600. The summed E-state index contributed by atoms with van der Waals surface area (Å²) in [4.78, 5) is 21.0. The van der Waals surface area contributed by atoms with E-state index in [1.165, 1.54) is 7.11 Å². The first-order valence-electron chi connectivity index (χ1n) is 2.80. The minimum Gasteiger partial charge on any atom is -0.468 e. The third-order valence-electron chi connectivity index (χ3n) is 0.853. The highest BCUT2D eigenvalue weighted by molar-refractivity contribution is 7.94. The Labute approximate surface area is 68.3 Å². The van der Waals surface area contributed by atoms with Crippen LogP contribution >= 0.6 is 12.0 Å². The van der Waals surface area contributed by atoms with Crippen LogP contribution in [0.15, 0.2) is 0 Å². The molecule has 1 amide bonds. The smallest absolute Gasteiger partial charge is 0.325 e. The summed E-state index contributed by atoms with van der Waals surface area (Å²) in [7, 11) is 1.23. The van der Waals surface area contributed by atoms with E-state index >= 15 is 0 Å². The third kappa shape index (κ3) is 5.68. The minimum atomic E-state index is -0.513. The molecule has 64 valence electrons. The molecule has 0 atom stereocenters. The Morgan fingerprint density at radius 2 is 2.27 bits per heavy atom. The molecule has 0 heterocycles. The van der Waals surface area contributed by atoms with Crippen LogP contribution in [0.3, 0.4) is 0 Å². The zero-order valence-electron chi connectivity index (χ0n) is 5.99. The molecule has 0 aliphatic heterocycles. The quantitative estimate of drug-likeness (QED) is 0.448. The van der Waals surface area contributed by atoms with Crippen molar-refractivity contribution in [2.24, 2.45) is 0 Å². The zero-order valence-corrected chi connectivity index (χ0v) is 6.81. The van der Waals surface area contributed by atoms with Crippen molar-refractivity contribution in [1.29, 1.82) is 0 Å². The van der Waals surface area contributed by atoms with Crippen molar-refractivity contribution in [3.8, 4) is 0 Å². The van der Waals surface area contributed by atoms with Gasteiger partial charge in [-0.05, 0) is 12.0 Å². The third-order valence-corrected chi connectivity index (χ3v) is 1.24. The van der Waals surface area contributed by atoms with Crippen LogP contribution in [0.2, 0.25) is 0 Å². The molecule has 0 aromatic carbocycles. The van der Waals surface area contributed by atoms with Gasteiger partial charge in [0, 0.05) is 0 Å². The maximum Gasteiger partial charge on any atom is 0.325 e. The van der Waals surface area contributed by atoms with E-state index in [1.54, 1.807) is 0 Å². The van der Waals surface area contributed by atoms with E-state index in [9.17, 15) is 9.59 Å². The topological polar surface area (TPSA) is 75.6 Å². The van der Waals surface area contributed by atoms with Crippen LogP contribution in [0.1, 0.15) is 0 Å². The van der Waals surface area contributed by atoms with Gasteiger partial charge in [0.25, 0.3) is 0 Å². The number of hydrogen-bond acceptors (Lipinski definition) is 5. The lowest BCUT2D eigenvalue weighted by Gasteiger charge is -2.00. The summed E-state index contributed by atoms with van der Waals surface area (Å²) in [6, 6.07) is 0. The number of carbonyl (C=O) groups excluding carboxylic acids is 2. The first kappa shape index (κ1) is 10.2. The van der Waals surface area contributed by atoms with Gasteiger partial charge in [0.05, 0.1) is 12.9 Å². The molecule has 0 aliphatic rings. The number of ether oxygens (including phenoxy) is 1. The molecule has 0 aromatic rings. The van der Waals surface area contributed by atoms with Crippen molar-refractivity contribution in [3.05, 3.63) is 0 Å². The molecule has 0 aromatic heterocycles. The number of hydrogen-bond donors (Lipinski definition) is 2. The minimum absolute atomic E-state index is 0.0724. The van der Waals surface area contributed by atoms with E-state index in [0.717, 1.165) is 0 Å². The molecule has 0 fully saturated rings. The largest absolute Gasteiger partial charge is 0.468 e. The predicted octanol–water partition coefficient (Wildman–Crippen LogP) is -0.518. The second-order valence-electron chi connectivity index (χ2n) is 1.63. The zero-order chi connectivity index (χ0) is 8.69. The number of rotatable bonds is 4. The molecule has 2 N–H and O–H groups in total. The molecule has 0 saturated heterocycles. The number of carbonyl (C=O) groups is 2. The van der Waals surface area contributed by atoms with Crippen LogP contribution in [0, 0.1) is 0 Å². The van der Waals surface area contributed by atoms with Crippen LogP contribution < -0.4 is 5.32 Å². The Balaban J connectivity index is 3.38.